The number of benzene rings is 1. The molecule has 25 heavy (non-hydrogen) atoms. The highest BCUT2D eigenvalue weighted by molar-refractivity contribution is 5.99. The van der Waals surface area contributed by atoms with Crippen LogP contribution in [0.25, 0.3) is 0 Å². The molecule has 2 N–H and O–H groups in total. The molecule has 1 aromatic rings. The van der Waals surface area contributed by atoms with Gasteiger partial charge >= 0.3 is 12.1 Å². The molecule has 0 saturated carbocycles. The Hall–Kier alpha value is -2.57. The summed E-state index contributed by atoms with van der Waals surface area (Å²) in [6.45, 7) is 7.42. The highest BCUT2D eigenvalue weighted by atomic mass is 16.6. The van der Waals surface area contributed by atoms with Gasteiger partial charge in [0.1, 0.15) is 11.6 Å². The molecule has 2 rings (SSSR count). The molecule has 0 bridgehead atoms. The zero-order valence-electron chi connectivity index (χ0n) is 15.0. The summed E-state index contributed by atoms with van der Waals surface area (Å²) in [5, 5.41) is 11.9. The number of rotatable bonds is 3. The van der Waals surface area contributed by atoms with E-state index in [9.17, 15) is 19.5 Å². The van der Waals surface area contributed by atoms with E-state index in [1.807, 2.05) is 0 Å². The summed E-state index contributed by atoms with van der Waals surface area (Å²) in [5.74, 6) is -1.39. The van der Waals surface area contributed by atoms with E-state index < -0.39 is 23.7 Å². The summed E-state index contributed by atoms with van der Waals surface area (Å²) in [6.07, 6.45) is 0.745. The lowest BCUT2D eigenvalue weighted by molar-refractivity contribution is -0.120. The minimum Gasteiger partial charge on any atom is -0.478 e. The first kappa shape index (κ1) is 18.8. The lowest BCUT2D eigenvalue weighted by Gasteiger charge is -2.28. The molecular weight excluding hydrogens is 324 g/mol. The molecule has 0 aliphatic carbocycles. The van der Waals surface area contributed by atoms with Gasteiger partial charge in [-0.05, 0) is 58.2 Å². The molecule has 1 heterocycles. The molecule has 7 nitrogen and oxygen atoms in total. The van der Waals surface area contributed by atoms with Gasteiger partial charge in [0.15, 0.2) is 0 Å². The van der Waals surface area contributed by atoms with Crippen LogP contribution in [-0.2, 0) is 9.53 Å². The maximum atomic E-state index is 12.6. The monoisotopic (exact) mass is 348 g/mol. The average Bonchev–Trinajstić information content (AvgIpc) is 2.97. The number of hydrogen-bond donors (Lipinski definition) is 2. The number of amides is 2. The molecule has 136 valence electrons. The Balaban J connectivity index is 2.14. The van der Waals surface area contributed by atoms with Gasteiger partial charge in [0.2, 0.25) is 5.91 Å². The van der Waals surface area contributed by atoms with E-state index in [-0.39, 0.29) is 11.5 Å². The van der Waals surface area contributed by atoms with Gasteiger partial charge in [-0.1, -0.05) is 6.07 Å². The summed E-state index contributed by atoms with van der Waals surface area (Å²) in [6, 6.07) is 4.08. The topological polar surface area (TPSA) is 95.9 Å². The largest absolute Gasteiger partial charge is 0.478 e. The van der Waals surface area contributed by atoms with Crippen molar-refractivity contribution >= 4 is 23.7 Å². The van der Waals surface area contributed by atoms with Gasteiger partial charge < -0.3 is 15.2 Å². The molecule has 7 heteroatoms. The van der Waals surface area contributed by atoms with Crippen LogP contribution in [0.4, 0.5) is 10.5 Å². The standard InChI is InChI=1S/C18H24N2O5/c1-11-12(16(22)23)7-5-8-13(11)19-15(21)14-9-6-10-20(14)17(24)25-18(2,3)4/h5,7-8,14H,6,9-10H2,1-4H3,(H,19,21)(H,22,23). The summed E-state index contributed by atoms with van der Waals surface area (Å²) < 4.78 is 5.36. The number of aromatic carboxylic acids is 1. The Morgan fingerprint density at radius 3 is 2.56 bits per heavy atom. The van der Waals surface area contributed by atoms with Crippen LogP contribution in [0.15, 0.2) is 18.2 Å². The molecular formula is C18H24N2O5. The first-order chi connectivity index (χ1) is 11.6. The fourth-order valence-electron chi connectivity index (χ4n) is 2.80. The second kappa shape index (κ2) is 7.13. The van der Waals surface area contributed by atoms with Gasteiger partial charge in [-0.3, -0.25) is 9.69 Å². The highest BCUT2D eigenvalue weighted by Gasteiger charge is 2.36. The molecule has 1 saturated heterocycles. The number of carboxylic acid groups (broad SMARTS) is 1. The molecule has 1 fully saturated rings. The quantitative estimate of drug-likeness (QED) is 0.875. The van der Waals surface area contributed by atoms with E-state index in [1.54, 1.807) is 39.8 Å². The second-order valence-electron chi connectivity index (χ2n) is 7.10. The zero-order chi connectivity index (χ0) is 18.8. The van der Waals surface area contributed by atoms with Gasteiger partial charge in [-0.25, -0.2) is 9.59 Å². The molecule has 1 aromatic carbocycles. The van der Waals surface area contributed by atoms with E-state index in [0.29, 0.717) is 30.6 Å². The molecule has 1 aliphatic heterocycles. The SMILES string of the molecule is Cc1c(NC(=O)C2CCCN2C(=O)OC(C)(C)C)cccc1C(=O)O. The number of carboxylic acids is 1. The first-order valence-corrected chi connectivity index (χ1v) is 8.23. The first-order valence-electron chi connectivity index (χ1n) is 8.23. The van der Waals surface area contributed by atoms with Crippen molar-refractivity contribution in [1.82, 2.24) is 4.90 Å². The molecule has 1 unspecified atom stereocenters. The number of nitrogens with one attached hydrogen (secondary N) is 1. The zero-order valence-corrected chi connectivity index (χ0v) is 15.0. The molecule has 0 aromatic heterocycles. The van der Waals surface area contributed by atoms with Crippen LogP contribution in [0.3, 0.4) is 0 Å². The van der Waals surface area contributed by atoms with E-state index in [2.05, 4.69) is 5.32 Å². The Labute approximate surface area is 147 Å². The van der Waals surface area contributed by atoms with Gasteiger partial charge in [-0.15, -0.1) is 0 Å². The number of likely N-dealkylation sites (tertiary alicyclic amines) is 1. The molecule has 0 spiro atoms. The smallest absolute Gasteiger partial charge is 0.410 e. The van der Waals surface area contributed by atoms with Crippen LogP contribution in [0.1, 0.15) is 49.5 Å². The van der Waals surface area contributed by atoms with Crippen LogP contribution in [0.2, 0.25) is 0 Å². The van der Waals surface area contributed by atoms with Crippen molar-refractivity contribution < 1.29 is 24.2 Å². The fraction of sp³-hybridized carbons (Fsp3) is 0.500. The van der Waals surface area contributed by atoms with Crippen molar-refractivity contribution in [2.45, 2.75) is 52.2 Å². The third kappa shape index (κ3) is 4.49. The average molecular weight is 348 g/mol. The second-order valence-corrected chi connectivity index (χ2v) is 7.10. The maximum Gasteiger partial charge on any atom is 0.410 e. The van der Waals surface area contributed by atoms with Gasteiger partial charge in [-0.2, -0.15) is 0 Å². The van der Waals surface area contributed by atoms with E-state index in [1.165, 1.54) is 11.0 Å². The minimum atomic E-state index is -1.05. The number of hydrogen-bond acceptors (Lipinski definition) is 4. The maximum absolute atomic E-state index is 12.6. The fourth-order valence-corrected chi connectivity index (χ4v) is 2.80. The van der Waals surface area contributed by atoms with Gasteiger partial charge in [0, 0.05) is 12.2 Å². The Kier molecular flexibility index (Phi) is 5.35. The predicted molar refractivity (Wildman–Crippen MR) is 92.7 cm³/mol. The molecule has 2 amide bonds. The molecule has 0 radical (unpaired) electrons. The van der Waals surface area contributed by atoms with E-state index in [0.717, 1.165) is 0 Å². The van der Waals surface area contributed by atoms with Crippen molar-refractivity contribution in [3.63, 3.8) is 0 Å². The lowest BCUT2D eigenvalue weighted by Crippen LogP contribution is -2.45. The van der Waals surface area contributed by atoms with Crippen molar-refractivity contribution in [3.8, 4) is 0 Å². The number of nitrogens with zero attached hydrogens (tertiary/aromatic N) is 1. The van der Waals surface area contributed by atoms with Crippen molar-refractivity contribution in [3.05, 3.63) is 29.3 Å². The van der Waals surface area contributed by atoms with Crippen LogP contribution < -0.4 is 5.32 Å². The van der Waals surface area contributed by atoms with Gasteiger partial charge in [0.05, 0.1) is 5.56 Å². The summed E-state index contributed by atoms with van der Waals surface area (Å²) in [7, 11) is 0. The third-order valence-corrected chi connectivity index (χ3v) is 4.01. The predicted octanol–water partition coefficient (Wildman–Crippen LogP) is 3.03. The van der Waals surface area contributed by atoms with E-state index in [4.69, 9.17) is 4.74 Å². The summed E-state index contributed by atoms with van der Waals surface area (Å²) in [5.41, 5.74) is 0.409. The number of carbonyl (C=O) groups excluding carboxylic acids is 2. The van der Waals surface area contributed by atoms with Crippen molar-refractivity contribution in [2.75, 3.05) is 11.9 Å². The normalized spacial score (nSPS) is 17.3. The van der Waals surface area contributed by atoms with Gasteiger partial charge in [0.25, 0.3) is 0 Å². The van der Waals surface area contributed by atoms with Crippen LogP contribution in [0.5, 0.6) is 0 Å². The minimum absolute atomic E-state index is 0.133. The summed E-state index contributed by atoms with van der Waals surface area (Å²) in [4.78, 5) is 37.5. The Bertz CT molecular complexity index is 693. The number of ether oxygens (including phenoxy) is 1. The number of carbonyl (C=O) groups is 3. The molecule has 1 atom stereocenters. The highest BCUT2D eigenvalue weighted by Crippen LogP contribution is 2.24. The molecule has 1 aliphatic rings. The van der Waals surface area contributed by atoms with Crippen molar-refractivity contribution in [2.24, 2.45) is 0 Å². The lowest BCUT2D eigenvalue weighted by atomic mass is 10.1. The van der Waals surface area contributed by atoms with Crippen LogP contribution >= 0.6 is 0 Å². The van der Waals surface area contributed by atoms with E-state index >= 15 is 0 Å². The van der Waals surface area contributed by atoms with Crippen molar-refractivity contribution in [1.29, 1.82) is 0 Å². The Morgan fingerprint density at radius 2 is 1.96 bits per heavy atom. The number of anilines is 1. The summed E-state index contributed by atoms with van der Waals surface area (Å²) >= 11 is 0. The van der Waals surface area contributed by atoms with Crippen LogP contribution in [-0.4, -0.2) is 46.2 Å². The Morgan fingerprint density at radius 1 is 1.28 bits per heavy atom. The van der Waals surface area contributed by atoms with Crippen LogP contribution in [0, 0.1) is 6.92 Å². The third-order valence-electron chi connectivity index (χ3n) is 4.01.